The highest BCUT2D eigenvalue weighted by atomic mass is 32.1. The number of rotatable bonds is 4. The van der Waals surface area contributed by atoms with Crippen LogP contribution in [0.25, 0.3) is 0 Å². The molecule has 148 valence electrons. The minimum atomic E-state index is -0.150. The molecular formula is C20H25N5O2S. The third-order valence-corrected chi connectivity index (χ3v) is 7.05. The molecule has 0 bridgehead atoms. The normalized spacial score (nSPS) is 21.4. The lowest BCUT2D eigenvalue weighted by atomic mass is 9.78. The minimum absolute atomic E-state index is 0.0690. The Morgan fingerprint density at radius 2 is 1.89 bits per heavy atom. The summed E-state index contributed by atoms with van der Waals surface area (Å²) in [4.78, 5) is 22.0. The molecule has 4 heterocycles. The van der Waals surface area contributed by atoms with Crippen molar-refractivity contribution in [3.05, 3.63) is 28.9 Å². The van der Waals surface area contributed by atoms with Crippen LogP contribution >= 0.6 is 11.3 Å². The molecular weight excluding hydrogens is 374 g/mol. The number of nitrogens with zero attached hydrogens (tertiary/aromatic N) is 2. The van der Waals surface area contributed by atoms with E-state index in [0.717, 1.165) is 60.4 Å². The Labute approximate surface area is 168 Å². The van der Waals surface area contributed by atoms with Crippen molar-refractivity contribution in [3.8, 4) is 0 Å². The van der Waals surface area contributed by atoms with Gasteiger partial charge in [-0.05, 0) is 31.7 Å². The van der Waals surface area contributed by atoms with Crippen LogP contribution in [0.15, 0.2) is 18.5 Å². The molecule has 0 aromatic carbocycles. The van der Waals surface area contributed by atoms with Crippen LogP contribution in [0.5, 0.6) is 0 Å². The first-order valence-electron chi connectivity index (χ1n) is 10.1. The number of ether oxygens (including phenoxy) is 1. The van der Waals surface area contributed by atoms with Gasteiger partial charge in [-0.2, -0.15) is 0 Å². The van der Waals surface area contributed by atoms with Crippen LogP contribution < -0.4 is 16.0 Å². The van der Waals surface area contributed by atoms with Gasteiger partial charge >= 0.3 is 0 Å². The second-order valence-corrected chi connectivity index (χ2v) is 8.95. The maximum absolute atomic E-state index is 12.5. The zero-order chi connectivity index (χ0) is 19.0. The van der Waals surface area contributed by atoms with E-state index in [4.69, 9.17) is 4.74 Å². The van der Waals surface area contributed by atoms with Gasteiger partial charge in [-0.1, -0.05) is 19.3 Å². The summed E-state index contributed by atoms with van der Waals surface area (Å²) in [5.41, 5.74) is 1.02. The van der Waals surface area contributed by atoms with Crippen LogP contribution in [0.3, 0.4) is 0 Å². The van der Waals surface area contributed by atoms with E-state index in [1.165, 1.54) is 36.2 Å². The van der Waals surface area contributed by atoms with Crippen molar-refractivity contribution in [2.75, 3.05) is 23.8 Å². The topological polar surface area (TPSA) is 88.2 Å². The third-order valence-electron chi connectivity index (χ3n) is 6.01. The van der Waals surface area contributed by atoms with Crippen molar-refractivity contribution < 1.29 is 9.53 Å². The first kappa shape index (κ1) is 17.9. The molecule has 8 heteroatoms. The molecule has 0 radical (unpaired) electrons. The van der Waals surface area contributed by atoms with E-state index in [2.05, 4.69) is 32.0 Å². The second kappa shape index (κ2) is 7.33. The van der Waals surface area contributed by atoms with E-state index >= 15 is 0 Å². The lowest BCUT2D eigenvalue weighted by Gasteiger charge is -2.33. The summed E-state index contributed by atoms with van der Waals surface area (Å²) in [5.74, 6) is 1.62. The van der Waals surface area contributed by atoms with E-state index in [0.29, 0.717) is 6.04 Å². The summed E-state index contributed by atoms with van der Waals surface area (Å²) in [7, 11) is 0. The van der Waals surface area contributed by atoms with Crippen LogP contribution in [-0.4, -0.2) is 35.1 Å². The number of hydrogen-bond acceptors (Lipinski definition) is 7. The van der Waals surface area contributed by atoms with Crippen LogP contribution in [0, 0.1) is 0 Å². The number of hydrogen-bond donors (Lipinski definition) is 3. The van der Waals surface area contributed by atoms with Gasteiger partial charge in [0.2, 0.25) is 0 Å². The smallest absolute Gasteiger partial charge is 0.262 e. The highest BCUT2D eigenvalue weighted by Crippen LogP contribution is 2.47. The molecule has 2 aromatic heterocycles. The molecule has 0 atom stereocenters. The zero-order valence-corrected chi connectivity index (χ0v) is 16.6. The summed E-state index contributed by atoms with van der Waals surface area (Å²) in [6, 6.07) is 4.45. The SMILES string of the molecule is O=C1NC2(CCCCC2)c2cc(Nc3cc(NC4CCOCC4)ncn3)sc21. The molecule has 2 fully saturated rings. The lowest BCUT2D eigenvalue weighted by Crippen LogP contribution is -2.40. The summed E-state index contributed by atoms with van der Waals surface area (Å²) in [6.45, 7) is 1.58. The number of amides is 1. The molecule has 1 spiro atoms. The predicted molar refractivity (Wildman–Crippen MR) is 109 cm³/mol. The fourth-order valence-electron chi connectivity index (χ4n) is 4.55. The molecule has 7 nitrogen and oxygen atoms in total. The Kier molecular flexibility index (Phi) is 4.68. The number of carbonyl (C=O) groups is 1. The van der Waals surface area contributed by atoms with Crippen LogP contribution in [0.1, 0.15) is 60.2 Å². The molecule has 5 rings (SSSR count). The first-order chi connectivity index (χ1) is 13.7. The monoisotopic (exact) mass is 399 g/mol. The summed E-state index contributed by atoms with van der Waals surface area (Å²) >= 11 is 1.51. The number of carbonyl (C=O) groups excluding carboxylic acids is 1. The van der Waals surface area contributed by atoms with Gasteiger partial charge in [-0.3, -0.25) is 4.79 Å². The number of fused-ring (bicyclic) bond motifs is 2. The highest BCUT2D eigenvalue weighted by Gasteiger charge is 2.44. The van der Waals surface area contributed by atoms with E-state index in [-0.39, 0.29) is 11.4 Å². The Balaban J connectivity index is 1.33. The quantitative estimate of drug-likeness (QED) is 0.725. The molecule has 1 amide bonds. The second-order valence-electron chi connectivity index (χ2n) is 7.89. The van der Waals surface area contributed by atoms with Crippen molar-refractivity contribution in [2.45, 2.75) is 56.5 Å². The predicted octanol–water partition coefficient (Wildman–Crippen LogP) is 3.78. The van der Waals surface area contributed by atoms with Crippen LogP contribution in [0.4, 0.5) is 16.6 Å². The van der Waals surface area contributed by atoms with Crippen molar-refractivity contribution in [1.29, 1.82) is 0 Å². The van der Waals surface area contributed by atoms with Gasteiger partial charge < -0.3 is 20.7 Å². The number of aromatic nitrogens is 2. The maximum Gasteiger partial charge on any atom is 0.262 e. The Morgan fingerprint density at radius 3 is 2.71 bits per heavy atom. The van der Waals surface area contributed by atoms with Crippen molar-refractivity contribution in [3.63, 3.8) is 0 Å². The van der Waals surface area contributed by atoms with Gasteiger partial charge in [-0.25, -0.2) is 9.97 Å². The molecule has 1 saturated carbocycles. The molecule has 1 aliphatic carbocycles. The average Bonchev–Trinajstić information content (AvgIpc) is 3.23. The molecule has 2 aliphatic heterocycles. The van der Waals surface area contributed by atoms with Crippen LogP contribution in [0.2, 0.25) is 0 Å². The zero-order valence-electron chi connectivity index (χ0n) is 15.8. The standard InChI is InChI=1S/C20H25N5O2S/c26-19-18-14(20(25-19)6-2-1-3-7-20)10-17(28-18)24-16-11-15(21-12-22-16)23-13-4-8-27-9-5-13/h10-13H,1-9H2,(H,25,26)(H2,21,22,23,24). The Morgan fingerprint density at radius 1 is 1.11 bits per heavy atom. The molecule has 2 aromatic rings. The minimum Gasteiger partial charge on any atom is -0.381 e. The van der Waals surface area contributed by atoms with Crippen molar-refractivity contribution in [2.24, 2.45) is 0 Å². The van der Waals surface area contributed by atoms with Gasteiger partial charge in [0, 0.05) is 30.9 Å². The van der Waals surface area contributed by atoms with Crippen LogP contribution in [-0.2, 0) is 10.3 Å². The molecule has 1 saturated heterocycles. The summed E-state index contributed by atoms with van der Waals surface area (Å²) in [6.07, 6.45) is 9.22. The highest BCUT2D eigenvalue weighted by molar-refractivity contribution is 7.18. The van der Waals surface area contributed by atoms with E-state index < -0.39 is 0 Å². The average molecular weight is 400 g/mol. The molecule has 3 aliphatic rings. The van der Waals surface area contributed by atoms with Crippen molar-refractivity contribution >= 4 is 33.9 Å². The number of thiophene rings is 1. The van der Waals surface area contributed by atoms with E-state index in [1.807, 2.05) is 6.07 Å². The van der Waals surface area contributed by atoms with Gasteiger partial charge in [0.1, 0.15) is 18.0 Å². The maximum atomic E-state index is 12.5. The van der Waals surface area contributed by atoms with E-state index in [9.17, 15) is 4.79 Å². The largest absolute Gasteiger partial charge is 0.381 e. The lowest BCUT2D eigenvalue weighted by molar-refractivity contribution is 0.0902. The fourth-order valence-corrected chi connectivity index (χ4v) is 5.61. The Bertz CT molecular complexity index is 871. The first-order valence-corrected chi connectivity index (χ1v) is 10.9. The summed E-state index contributed by atoms with van der Waals surface area (Å²) < 4.78 is 5.41. The molecule has 3 N–H and O–H groups in total. The summed E-state index contributed by atoms with van der Waals surface area (Å²) in [5, 5.41) is 11.1. The van der Waals surface area contributed by atoms with Gasteiger partial charge in [0.05, 0.1) is 15.4 Å². The fraction of sp³-hybridized carbons (Fsp3) is 0.550. The van der Waals surface area contributed by atoms with Crippen molar-refractivity contribution in [1.82, 2.24) is 15.3 Å². The molecule has 0 unspecified atom stereocenters. The number of anilines is 3. The number of nitrogens with one attached hydrogen (secondary N) is 3. The van der Waals surface area contributed by atoms with Gasteiger partial charge in [-0.15, -0.1) is 11.3 Å². The third kappa shape index (κ3) is 3.35. The van der Waals surface area contributed by atoms with Gasteiger partial charge in [0.25, 0.3) is 5.91 Å². The Hall–Kier alpha value is -2.19. The van der Waals surface area contributed by atoms with E-state index in [1.54, 1.807) is 6.33 Å². The van der Waals surface area contributed by atoms with Gasteiger partial charge in [0.15, 0.2) is 0 Å². The molecule has 28 heavy (non-hydrogen) atoms.